The number of carbonyl (C=O) groups excluding carboxylic acids is 1. The fraction of sp³-hybridized carbons (Fsp3) is 0.857. The van der Waals surface area contributed by atoms with Crippen molar-refractivity contribution in [1.29, 1.82) is 0 Å². The number of nitrogens with two attached hydrogens (primary N) is 2. The summed E-state index contributed by atoms with van der Waals surface area (Å²) in [6, 6.07) is -0.0324. The van der Waals surface area contributed by atoms with E-state index in [4.69, 9.17) is 16.2 Å². The molecule has 6 nitrogen and oxygen atoms in total. The van der Waals surface area contributed by atoms with E-state index in [2.05, 4.69) is 25.8 Å². The summed E-state index contributed by atoms with van der Waals surface area (Å²) < 4.78 is 5.96. The molecule has 2 saturated heterocycles. The number of guanidine groups is 1. The first-order valence-corrected chi connectivity index (χ1v) is 7.06. The Balaban J connectivity index is 2.34. The number of rotatable bonds is 1. The Hall–Kier alpha value is -1.30. The molecule has 114 valence electrons. The van der Waals surface area contributed by atoms with Gasteiger partial charge in [-0.3, -0.25) is 0 Å². The number of amides is 1. The highest BCUT2D eigenvalue weighted by Gasteiger charge is 2.86. The molecule has 0 spiro atoms. The highest BCUT2D eigenvalue weighted by molar-refractivity contribution is 5.76. The molecule has 3 unspecified atom stereocenters. The number of aliphatic imine (C=N–C) groups is 1. The van der Waals surface area contributed by atoms with Gasteiger partial charge in [0.25, 0.3) is 0 Å². The van der Waals surface area contributed by atoms with Crippen molar-refractivity contribution in [1.82, 2.24) is 0 Å². The number of nitrogens with zero attached hydrogens (tertiary/aromatic N) is 2. The highest BCUT2D eigenvalue weighted by Crippen LogP contribution is 2.62. The lowest BCUT2D eigenvalue weighted by atomic mass is 9.93. The van der Waals surface area contributed by atoms with E-state index in [1.54, 1.807) is 0 Å². The van der Waals surface area contributed by atoms with E-state index in [1.807, 2.05) is 20.8 Å². The SMILES string of the molecule is CC(C)(C)OC(=O)[N+]12CC1(C)C(N=C(N)N)CC2(C)C. The Labute approximate surface area is 120 Å². The monoisotopic (exact) mass is 283 g/mol. The minimum atomic E-state index is -0.488. The normalized spacial score (nSPS) is 38.0. The number of hydrogen-bond donors (Lipinski definition) is 2. The summed E-state index contributed by atoms with van der Waals surface area (Å²) in [5.74, 6) is 0.0862. The average molecular weight is 283 g/mol. The molecule has 2 aliphatic rings. The highest BCUT2D eigenvalue weighted by atomic mass is 16.6. The molecule has 4 N–H and O–H groups in total. The summed E-state index contributed by atoms with van der Waals surface area (Å²) in [7, 11) is 0. The van der Waals surface area contributed by atoms with Crippen molar-refractivity contribution >= 4 is 12.1 Å². The van der Waals surface area contributed by atoms with Gasteiger partial charge in [-0.1, -0.05) is 0 Å². The van der Waals surface area contributed by atoms with Crippen LogP contribution in [0.5, 0.6) is 0 Å². The lowest BCUT2D eigenvalue weighted by molar-refractivity contribution is -0.796. The zero-order valence-corrected chi connectivity index (χ0v) is 13.4. The quantitative estimate of drug-likeness (QED) is 0.329. The summed E-state index contributed by atoms with van der Waals surface area (Å²) in [6.07, 6.45) is 0.610. The van der Waals surface area contributed by atoms with Gasteiger partial charge in [-0.2, -0.15) is 4.79 Å². The van der Waals surface area contributed by atoms with Gasteiger partial charge >= 0.3 is 6.09 Å². The third-order valence-electron chi connectivity index (χ3n) is 4.78. The van der Waals surface area contributed by atoms with E-state index in [0.717, 1.165) is 13.0 Å². The Morgan fingerprint density at radius 2 is 1.85 bits per heavy atom. The maximum Gasteiger partial charge on any atom is 0.517 e. The summed E-state index contributed by atoms with van der Waals surface area (Å²) in [5.41, 5.74) is 10.1. The van der Waals surface area contributed by atoms with Crippen LogP contribution in [0.3, 0.4) is 0 Å². The molecule has 0 bridgehead atoms. The molecule has 1 amide bonds. The van der Waals surface area contributed by atoms with Crippen LogP contribution in [0.4, 0.5) is 4.79 Å². The lowest BCUT2D eigenvalue weighted by Crippen LogP contribution is -2.52. The molecular formula is C14H27N4O2+. The molecule has 0 radical (unpaired) electrons. The van der Waals surface area contributed by atoms with Crippen molar-refractivity contribution in [2.45, 2.75) is 70.7 Å². The number of ether oxygens (including phenoxy) is 1. The summed E-state index contributed by atoms with van der Waals surface area (Å²) in [6.45, 7) is 12.6. The van der Waals surface area contributed by atoms with E-state index in [-0.39, 0.29) is 29.2 Å². The molecule has 20 heavy (non-hydrogen) atoms. The van der Waals surface area contributed by atoms with Crippen LogP contribution in [-0.2, 0) is 4.74 Å². The van der Waals surface area contributed by atoms with E-state index in [9.17, 15) is 4.79 Å². The lowest BCUT2D eigenvalue weighted by Gasteiger charge is -2.32. The van der Waals surface area contributed by atoms with E-state index in [0.29, 0.717) is 4.48 Å². The predicted octanol–water partition coefficient (Wildman–Crippen LogP) is 1.33. The Morgan fingerprint density at radius 3 is 2.25 bits per heavy atom. The van der Waals surface area contributed by atoms with Gasteiger partial charge in [0.05, 0.1) is 0 Å². The molecule has 6 heteroatoms. The van der Waals surface area contributed by atoms with Crippen molar-refractivity contribution < 1.29 is 14.0 Å². The van der Waals surface area contributed by atoms with E-state index < -0.39 is 5.60 Å². The minimum Gasteiger partial charge on any atom is -0.414 e. The van der Waals surface area contributed by atoms with Crippen LogP contribution in [0, 0.1) is 0 Å². The molecule has 2 heterocycles. The van der Waals surface area contributed by atoms with Crippen LogP contribution in [-0.4, -0.2) is 45.8 Å². The fourth-order valence-electron chi connectivity index (χ4n) is 3.78. The molecule has 0 aromatic carbocycles. The molecule has 0 aliphatic carbocycles. The second kappa shape index (κ2) is 3.87. The summed E-state index contributed by atoms with van der Waals surface area (Å²) in [5, 5.41) is 0. The maximum absolute atomic E-state index is 12.7. The third kappa shape index (κ3) is 1.89. The predicted molar refractivity (Wildman–Crippen MR) is 78.1 cm³/mol. The Bertz CT molecular complexity index is 476. The molecule has 0 saturated carbocycles. The maximum atomic E-state index is 12.7. The van der Waals surface area contributed by atoms with Gasteiger partial charge in [0, 0.05) is 6.42 Å². The fourth-order valence-corrected chi connectivity index (χ4v) is 3.78. The van der Waals surface area contributed by atoms with Crippen LogP contribution < -0.4 is 11.5 Å². The van der Waals surface area contributed by atoms with Crippen molar-refractivity contribution in [3.05, 3.63) is 0 Å². The number of quaternary nitrogens is 1. The Morgan fingerprint density at radius 1 is 1.30 bits per heavy atom. The van der Waals surface area contributed by atoms with Gasteiger partial charge in [-0.05, 0) is 41.5 Å². The van der Waals surface area contributed by atoms with Gasteiger partial charge in [0.15, 0.2) is 11.5 Å². The van der Waals surface area contributed by atoms with Crippen molar-refractivity contribution in [3.8, 4) is 0 Å². The van der Waals surface area contributed by atoms with Gasteiger partial charge in [-0.15, -0.1) is 0 Å². The van der Waals surface area contributed by atoms with Crippen LogP contribution in [0.2, 0.25) is 0 Å². The Kier molecular flexibility index (Phi) is 2.92. The van der Waals surface area contributed by atoms with Crippen molar-refractivity contribution in [3.63, 3.8) is 0 Å². The standard InChI is InChI=1S/C14H27N4O2/c1-12(2,3)20-11(19)18-8-14(18,6)9(17-10(15)16)7-13(18,4)5/h9H,7-8H2,1-6H3,(H4,15,16,17)/q+1. The number of piperidine rings is 1. The molecule has 2 rings (SSSR count). The van der Waals surface area contributed by atoms with Gasteiger partial charge in [-0.25, -0.2) is 9.48 Å². The van der Waals surface area contributed by atoms with E-state index in [1.165, 1.54) is 0 Å². The van der Waals surface area contributed by atoms with Crippen molar-refractivity contribution in [2.75, 3.05) is 6.54 Å². The topological polar surface area (TPSA) is 90.7 Å². The number of hydrogen-bond acceptors (Lipinski definition) is 3. The van der Waals surface area contributed by atoms with Gasteiger partial charge < -0.3 is 16.2 Å². The van der Waals surface area contributed by atoms with Gasteiger partial charge in [0.1, 0.15) is 23.7 Å². The molecule has 0 aromatic rings. The second-order valence-electron chi connectivity index (χ2n) is 7.89. The first kappa shape index (κ1) is 15.1. The minimum absolute atomic E-state index is 0.0324. The zero-order valence-electron chi connectivity index (χ0n) is 13.4. The van der Waals surface area contributed by atoms with Crippen molar-refractivity contribution in [2.24, 2.45) is 16.5 Å². The molecular weight excluding hydrogens is 256 g/mol. The number of carbonyl (C=O) groups is 1. The smallest absolute Gasteiger partial charge is 0.414 e. The first-order chi connectivity index (χ1) is 8.86. The average Bonchev–Trinajstić information content (AvgIpc) is 2.79. The van der Waals surface area contributed by atoms with Crippen LogP contribution in [0.1, 0.15) is 48.0 Å². The molecule has 3 atom stereocenters. The largest absolute Gasteiger partial charge is 0.517 e. The summed E-state index contributed by atoms with van der Waals surface area (Å²) in [4.78, 5) is 17.1. The molecule has 2 fully saturated rings. The summed E-state index contributed by atoms with van der Waals surface area (Å²) >= 11 is 0. The first-order valence-electron chi connectivity index (χ1n) is 7.06. The molecule has 2 aliphatic heterocycles. The van der Waals surface area contributed by atoms with Crippen LogP contribution in [0.25, 0.3) is 0 Å². The van der Waals surface area contributed by atoms with E-state index >= 15 is 0 Å². The molecule has 0 aromatic heterocycles. The number of fused-ring (bicyclic) bond motifs is 1. The van der Waals surface area contributed by atoms with Crippen LogP contribution >= 0.6 is 0 Å². The van der Waals surface area contributed by atoms with Crippen LogP contribution in [0.15, 0.2) is 4.99 Å². The third-order valence-corrected chi connectivity index (χ3v) is 4.78. The zero-order chi connectivity index (χ0) is 15.6. The second-order valence-corrected chi connectivity index (χ2v) is 7.89. The van der Waals surface area contributed by atoms with Gasteiger partial charge in [0.2, 0.25) is 0 Å².